The van der Waals surface area contributed by atoms with E-state index in [0.717, 1.165) is 17.1 Å². The lowest BCUT2D eigenvalue weighted by molar-refractivity contribution is -0.116. The van der Waals surface area contributed by atoms with E-state index in [1.165, 1.54) is 19.1 Å². The number of carbonyl (C=O) groups excluding carboxylic acids is 2. The van der Waals surface area contributed by atoms with Crippen molar-refractivity contribution in [3.05, 3.63) is 59.9 Å². The average molecular weight is 331 g/mol. The van der Waals surface area contributed by atoms with E-state index < -0.39 is 0 Å². The van der Waals surface area contributed by atoms with E-state index in [0.29, 0.717) is 17.7 Å². The molecule has 1 amide bonds. The lowest BCUT2D eigenvalue weighted by Gasteiger charge is -2.06. The molecule has 2 aromatic carbocycles. The highest BCUT2D eigenvalue weighted by atomic mass is 32.2. The van der Waals surface area contributed by atoms with Gasteiger partial charge in [-0.2, -0.15) is 0 Å². The first-order valence-corrected chi connectivity index (χ1v) is 8.32. The maximum absolute atomic E-state index is 12.8. The van der Waals surface area contributed by atoms with Crippen molar-refractivity contribution >= 4 is 29.1 Å². The number of anilines is 1. The molecule has 0 aromatic heterocycles. The van der Waals surface area contributed by atoms with E-state index in [1.54, 1.807) is 48.2 Å². The van der Waals surface area contributed by atoms with Gasteiger partial charge < -0.3 is 5.32 Å². The zero-order valence-electron chi connectivity index (χ0n) is 12.8. The molecule has 0 aliphatic heterocycles. The van der Waals surface area contributed by atoms with Gasteiger partial charge in [0.2, 0.25) is 5.91 Å². The van der Waals surface area contributed by atoms with Crippen LogP contribution < -0.4 is 5.32 Å². The molecule has 0 radical (unpaired) electrons. The van der Waals surface area contributed by atoms with Crippen molar-refractivity contribution in [2.45, 2.75) is 24.7 Å². The number of hydrogen-bond acceptors (Lipinski definition) is 3. The monoisotopic (exact) mass is 331 g/mol. The molecule has 0 unspecified atom stereocenters. The number of hydrogen-bond donors (Lipinski definition) is 1. The zero-order chi connectivity index (χ0) is 16.7. The van der Waals surface area contributed by atoms with Crippen molar-refractivity contribution < 1.29 is 14.0 Å². The molecule has 5 heteroatoms. The summed E-state index contributed by atoms with van der Waals surface area (Å²) in [6, 6.07) is 13.2. The molecule has 23 heavy (non-hydrogen) atoms. The van der Waals surface area contributed by atoms with Gasteiger partial charge in [0, 0.05) is 22.6 Å². The van der Waals surface area contributed by atoms with Gasteiger partial charge in [-0.25, -0.2) is 4.39 Å². The number of thioether (sulfide) groups is 1. The molecule has 120 valence electrons. The Morgan fingerprint density at radius 2 is 1.87 bits per heavy atom. The second kappa shape index (κ2) is 8.48. The van der Waals surface area contributed by atoms with Gasteiger partial charge in [0.25, 0.3) is 0 Å². The molecule has 0 aliphatic carbocycles. The first kappa shape index (κ1) is 17.2. The number of halogens is 1. The quantitative estimate of drug-likeness (QED) is 0.460. The molecular formula is C18H18FNO2S. The maximum Gasteiger partial charge on any atom is 0.224 e. The largest absolute Gasteiger partial charge is 0.326 e. The molecular weight excluding hydrogens is 313 g/mol. The van der Waals surface area contributed by atoms with Gasteiger partial charge in [0.05, 0.1) is 0 Å². The molecule has 0 atom stereocenters. The second-order valence-corrected chi connectivity index (χ2v) is 6.26. The number of nitrogens with one attached hydrogen (secondary N) is 1. The Kier molecular flexibility index (Phi) is 6.35. The summed E-state index contributed by atoms with van der Waals surface area (Å²) in [6.45, 7) is 1.49. The smallest absolute Gasteiger partial charge is 0.224 e. The van der Waals surface area contributed by atoms with Gasteiger partial charge in [-0.1, -0.05) is 12.1 Å². The minimum Gasteiger partial charge on any atom is -0.326 e. The summed E-state index contributed by atoms with van der Waals surface area (Å²) >= 11 is 1.59. The lowest BCUT2D eigenvalue weighted by Crippen LogP contribution is -2.11. The molecule has 2 aromatic rings. The van der Waals surface area contributed by atoms with Gasteiger partial charge in [-0.3, -0.25) is 9.59 Å². The predicted molar refractivity (Wildman–Crippen MR) is 91.4 cm³/mol. The molecule has 2 rings (SSSR count). The molecule has 3 nitrogen and oxygen atoms in total. The predicted octanol–water partition coefficient (Wildman–Crippen LogP) is 4.54. The van der Waals surface area contributed by atoms with Crippen LogP contribution >= 0.6 is 11.8 Å². The van der Waals surface area contributed by atoms with Crippen LogP contribution in [-0.4, -0.2) is 17.4 Å². The Labute approximate surface area is 139 Å². The Balaban J connectivity index is 1.74. The molecule has 1 N–H and O–H groups in total. The number of amides is 1. The third-order valence-electron chi connectivity index (χ3n) is 3.18. The van der Waals surface area contributed by atoms with Gasteiger partial charge in [-0.15, -0.1) is 11.8 Å². The Morgan fingerprint density at radius 1 is 1.13 bits per heavy atom. The van der Waals surface area contributed by atoms with Gasteiger partial charge in [0.15, 0.2) is 5.78 Å². The molecule has 0 heterocycles. The highest BCUT2D eigenvalue weighted by molar-refractivity contribution is 7.99. The van der Waals surface area contributed by atoms with Crippen molar-refractivity contribution in [2.24, 2.45) is 0 Å². The summed E-state index contributed by atoms with van der Waals surface area (Å²) in [5, 5.41) is 2.79. The summed E-state index contributed by atoms with van der Waals surface area (Å²) in [4.78, 5) is 24.2. The van der Waals surface area contributed by atoms with E-state index in [1.807, 2.05) is 0 Å². The number of ketones is 1. The fourth-order valence-electron chi connectivity index (χ4n) is 1.99. The van der Waals surface area contributed by atoms with E-state index in [9.17, 15) is 14.0 Å². The summed E-state index contributed by atoms with van der Waals surface area (Å²) in [6.07, 6.45) is 1.12. The minimum atomic E-state index is -0.249. The van der Waals surface area contributed by atoms with Gasteiger partial charge in [0.1, 0.15) is 5.82 Å². The normalized spacial score (nSPS) is 10.3. The minimum absolute atomic E-state index is 0.0307. The molecule has 0 spiro atoms. The highest BCUT2D eigenvalue weighted by Gasteiger charge is 2.05. The van der Waals surface area contributed by atoms with Crippen molar-refractivity contribution in [3.8, 4) is 0 Å². The number of rotatable bonds is 7. The number of Topliss-reactive ketones (excluding diaryl/α,β-unsaturated/α-hetero) is 1. The fourth-order valence-corrected chi connectivity index (χ4v) is 2.85. The van der Waals surface area contributed by atoms with Crippen molar-refractivity contribution in [3.63, 3.8) is 0 Å². The van der Waals surface area contributed by atoms with Crippen molar-refractivity contribution in [1.82, 2.24) is 0 Å². The van der Waals surface area contributed by atoms with Crippen LogP contribution in [0.25, 0.3) is 0 Å². The molecule has 0 aliphatic rings. The van der Waals surface area contributed by atoms with Crippen LogP contribution in [0.15, 0.2) is 53.4 Å². The standard InChI is InChI=1S/C18H18FNO2S/c1-13(21)14-4-2-5-16(12-14)20-18(22)6-3-11-23-17-9-7-15(19)8-10-17/h2,4-5,7-10,12H,3,6,11H2,1H3,(H,20,22). The Hall–Kier alpha value is -2.14. The Bertz CT molecular complexity index is 686. The van der Waals surface area contributed by atoms with Gasteiger partial charge in [-0.05, 0) is 55.5 Å². The first-order chi connectivity index (χ1) is 11.0. The second-order valence-electron chi connectivity index (χ2n) is 5.09. The summed E-state index contributed by atoms with van der Waals surface area (Å²) in [7, 11) is 0. The average Bonchev–Trinajstić information content (AvgIpc) is 2.53. The van der Waals surface area contributed by atoms with Crippen LogP contribution in [0.3, 0.4) is 0 Å². The molecule has 0 fully saturated rings. The molecule has 0 saturated heterocycles. The van der Waals surface area contributed by atoms with E-state index >= 15 is 0 Å². The lowest BCUT2D eigenvalue weighted by atomic mass is 10.1. The zero-order valence-corrected chi connectivity index (χ0v) is 13.7. The highest BCUT2D eigenvalue weighted by Crippen LogP contribution is 2.19. The summed E-state index contributed by atoms with van der Waals surface area (Å²) in [5.74, 6) is 0.427. The van der Waals surface area contributed by atoms with Gasteiger partial charge >= 0.3 is 0 Å². The first-order valence-electron chi connectivity index (χ1n) is 7.34. The summed E-state index contributed by atoms with van der Waals surface area (Å²) in [5.41, 5.74) is 1.21. The van der Waals surface area contributed by atoms with E-state index in [-0.39, 0.29) is 17.5 Å². The number of carbonyl (C=O) groups is 2. The maximum atomic E-state index is 12.8. The van der Waals surface area contributed by atoms with Crippen LogP contribution in [0.2, 0.25) is 0 Å². The van der Waals surface area contributed by atoms with Crippen molar-refractivity contribution in [2.75, 3.05) is 11.1 Å². The van der Waals surface area contributed by atoms with E-state index in [4.69, 9.17) is 0 Å². The fraction of sp³-hybridized carbons (Fsp3) is 0.222. The van der Waals surface area contributed by atoms with Crippen LogP contribution in [0.1, 0.15) is 30.1 Å². The SMILES string of the molecule is CC(=O)c1cccc(NC(=O)CCCSc2ccc(F)cc2)c1. The van der Waals surface area contributed by atoms with Crippen molar-refractivity contribution in [1.29, 1.82) is 0 Å². The van der Waals surface area contributed by atoms with Crippen LogP contribution in [0, 0.1) is 5.82 Å². The van der Waals surface area contributed by atoms with E-state index in [2.05, 4.69) is 5.32 Å². The summed E-state index contributed by atoms with van der Waals surface area (Å²) < 4.78 is 12.8. The topological polar surface area (TPSA) is 46.2 Å². The van der Waals surface area contributed by atoms with Crippen LogP contribution in [-0.2, 0) is 4.79 Å². The Morgan fingerprint density at radius 3 is 2.57 bits per heavy atom. The third-order valence-corrected chi connectivity index (χ3v) is 4.28. The number of benzene rings is 2. The molecule has 0 bridgehead atoms. The van der Waals surface area contributed by atoms with Crippen LogP contribution in [0.4, 0.5) is 10.1 Å². The van der Waals surface area contributed by atoms with Crippen LogP contribution in [0.5, 0.6) is 0 Å². The third kappa shape index (κ3) is 5.87. The molecule has 0 saturated carbocycles.